The first kappa shape index (κ1) is 57.6. The van der Waals surface area contributed by atoms with E-state index in [1.54, 1.807) is 0 Å². The van der Waals surface area contributed by atoms with Crippen molar-refractivity contribution in [3.63, 3.8) is 0 Å². The van der Waals surface area contributed by atoms with Gasteiger partial charge in [0.25, 0.3) is 5.56 Å². The summed E-state index contributed by atoms with van der Waals surface area (Å²) in [5.41, 5.74) is -5.81. The van der Waals surface area contributed by atoms with E-state index in [0.717, 1.165) is 22.8 Å². The van der Waals surface area contributed by atoms with E-state index in [1.165, 1.54) is 73.8 Å². The number of H-pyrrole nitrogens is 1. The summed E-state index contributed by atoms with van der Waals surface area (Å²) in [6, 6.07) is 18.4. The second kappa shape index (κ2) is 21.8. The molecule has 22 nitrogen and oxygen atoms in total. The number of carbonyl (C=O) groups excluding carboxylic acids is 3. The van der Waals surface area contributed by atoms with Crippen molar-refractivity contribution in [2.75, 3.05) is 16.0 Å². The number of fused-ring (bicyclic) bond motifs is 2. The Morgan fingerprint density at radius 2 is 1.17 bits per heavy atom. The van der Waals surface area contributed by atoms with Gasteiger partial charge in [-0.25, -0.2) is 30.0 Å². The molecule has 7 aromatic rings. The van der Waals surface area contributed by atoms with E-state index in [2.05, 4.69) is 30.9 Å². The van der Waals surface area contributed by atoms with E-state index in [1.807, 2.05) is 0 Å². The Balaban J connectivity index is 0.00000259. The SMILES string of the molecule is Cn1c(=O)c(C(=O)c2cccc(S(=O)(=O)[O-])c2)c2c3c(c(Nc4cc(Nc5nc(=O)nc(Nc6ccccc6C(=O)[O-])[nH]5)c(S(=O)(=O)[O-])cc4S(=O)(=O)[O-])ccc31)C(=O)c1ccccc1-2.[Na+].[Na+].[Na+].[Na+]. The van der Waals surface area contributed by atoms with Gasteiger partial charge in [0.1, 0.15) is 30.4 Å². The van der Waals surface area contributed by atoms with Crippen molar-refractivity contribution in [1.82, 2.24) is 19.5 Å². The number of hydrogen-bond donors (Lipinski definition) is 4. The predicted molar refractivity (Wildman–Crippen MR) is 222 cm³/mol. The maximum atomic E-state index is 14.5. The third-order valence-corrected chi connectivity index (χ3v) is 12.6. The topological polar surface area (TPSA) is 363 Å². The Morgan fingerprint density at radius 3 is 1.77 bits per heavy atom. The summed E-state index contributed by atoms with van der Waals surface area (Å²) in [4.78, 5) is 73.3. The van der Waals surface area contributed by atoms with Gasteiger partial charge in [0, 0.05) is 40.4 Å². The van der Waals surface area contributed by atoms with Crippen LogP contribution in [-0.2, 0) is 37.4 Å². The smallest absolute Gasteiger partial charge is 0.744 e. The molecule has 8 rings (SSSR count). The van der Waals surface area contributed by atoms with Crippen LogP contribution in [0, 0.1) is 0 Å². The first-order chi connectivity index (χ1) is 30.5. The van der Waals surface area contributed by atoms with Crippen LogP contribution in [0.25, 0.3) is 22.0 Å². The van der Waals surface area contributed by atoms with E-state index in [4.69, 9.17) is 0 Å². The van der Waals surface area contributed by atoms with Gasteiger partial charge in [0.05, 0.1) is 54.4 Å². The molecule has 0 atom stereocenters. The molecular formula is C40H23N7Na4O15S3. The molecule has 0 bridgehead atoms. The van der Waals surface area contributed by atoms with Crippen molar-refractivity contribution < 1.29 is 177 Å². The molecule has 4 N–H and O–H groups in total. The summed E-state index contributed by atoms with van der Waals surface area (Å²) in [5.74, 6) is -4.54. The van der Waals surface area contributed by atoms with E-state index in [0.29, 0.717) is 6.07 Å². The van der Waals surface area contributed by atoms with E-state index in [9.17, 15) is 68.0 Å². The number of rotatable bonds is 12. The summed E-state index contributed by atoms with van der Waals surface area (Å²) in [7, 11) is -15.2. The van der Waals surface area contributed by atoms with Gasteiger partial charge in [0.15, 0.2) is 11.6 Å². The Hall–Kier alpha value is -3.94. The number of ketones is 2. The van der Waals surface area contributed by atoms with Crippen LogP contribution in [0.15, 0.2) is 121 Å². The average Bonchev–Trinajstić information content (AvgIpc) is 3.23. The largest absolute Gasteiger partial charge is 1.00 e. The van der Waals surface area contributed by atoms with Crippen LogP contribution in [0.1, 0.15) is 42.2 Å². The van der Waals surface area contributed by atoms with Crippen LogP contribution in [0.3, 0.4) is 0 Å². The Bertz CT molecular complexity index is 3780. The molecule has 1 aliphatic rings. The summed E-state index contributed by atoms with van der Waals surface area (Å²) in [5, 5.41) is 19.1. The molecule has 2 aromatic heterocycles. The van der Waals surface area contributed by atoms with Crippen molar-refractivity contribution in [2.45, 2.75) is 14.7 Å². The molecule has 0 unspecified atom stereocenters. The molecule has 1 aliphatic carbocycles. The second-order valence-electron chi connectivity index (χ2n) is 14.0. The van der Waals surface area contributed by atoms with Crippen LogP contribution in [0.5, 0.6) is 0 Å². The maximum Gasteiger partial charge on any atom is 1.00 e. The first-order valence-electron chi connectivity index (χ1n) is 18.2. The van der Waals surface area contributed by atoms with Crippen LogP contribution in [0.2, 0.25) is 0 Å². The molecule has 69 heavy (non-hydrogen) atoms. The number of nitrogens with zero attached hydrogens (tertiary/aromatic N) is 3. The Kier molecular flexibility index (Phi) is 18.2. The number of aryl methyl sites for hydroxylation is 1. The number of carboxylic acid groups (broad SMARTS) is 1. The number of nitrogens with one attached hydrogen (secondary N) is 4. The van der Waals surface area contributed by atoms with Crippen LogP contribution >= 0.6 is 0 Å². The van der Waals surface area contributed by atoms with Crippen molar-refractivity contribution >= 4 is 93.4 Å². The van der Waals surface area contributed by atoms with E-state index < -0.39 is 103 Å². The molecule has 0 amide bonds. The van der Waals surface area contributed by atoms with Gasteiger partial charge in [-0.3, -0.25) is 19.4 Å². The van der Waals surface area contributed by atoms with Crippen molar-refractivity contribution in [2.24, 2.45) is 7.05 Å². The number of carbonyl (C=O) groups is 3. The zero-order chi connectivity index (χ0) is 46.9. The van der Waals surface area contributed by atoms with Gasteiger partial charge in [0.2, 0.25) is 11.9 Å². The zero-order valence-electron chi connectivity index (χ0n) is 36.4. The fourth-order valence-electron chi connectivity index (χ4n) is 7.27. The van der Waals surface area contributed by atoms with Gasteiger partial charge in [-0.2, -0.15) is 9.97 Å². The van der Waals surface area contributed by atoms with Gasteiger partial charge < -0.3 is 44.1 Å². The van der Waals surface area contributed by atoms with Crippen LogP contribution in [0.4, 0.5) is 34.6 Å². The normalized spacial score (nSPS) is 11.7. The minimum atomic E-state index is -5.71. The summed E-state index contributed by atoms with van der Waals surface area (Å²) >= 11 is 0. The Morgan fingerprint density at radius 1 is 0.609 bits per heavy atom. The van der Waals surface area contributed by atoms with Gasteiger partial charge in [-0.15, -0.1) is 0 Å². The molecule has 0 saturated carbocycles. The number of anilines is 6. The monoisotopic (exact) mass is 1030 g/mol. The zero-order valence-corrected chi connectivity index (χ0v) is 46.9. The van der Waals surface area contributed by atoms with Gasteiger partial charge in [-0.1, -0.05) is 54.6 Å². The number of benzene rings is 5. The molecular weight excluding hydrogens is 1010 g/mol. The molecule has 0 saturated heterocycles. The van der Waals surface area contributed by atoms with Crippen LogP contribution in [-0.4, -0.2) is 76.0 Å². The molecule has 29 heteroatoms. The predicted octanol–water partition coefficient (Wildman–Crippen LogP) is -10.2. The number of para-hydroxylation sites is 1. The molecule has 0 spiro atoms. The van der Waals surface area contributed by atoms with Crippen LogP contribution < -0.4 is 151 Å². The quantitative estimate of drug-likeness (QED) is 0.0501. The van der Waals surface area contributed by atoms with Crippen molar-refractivity contribution in [1.29, 1.82) is 0 Å². The van der Waals surface area contributed by atoms with Crippen molar-refractivity contribution in [3.05, 3.63) is 146 Å². The number of pyridine rings is 1. The molecule has 0 radical (unpaired) electrons. The average molecular weight is 1030 g/mol. The standard InChI is InChI=1S/C40H27N7O15S3.4Na/c1-47-27-14-13-24(31-32(27)30(20-9-2-3-10-21(20)35(31)49)33(36(47)50)34(48)18-7-6-8-19(15-18)63(54,55)56)41-25-16-26(29(65(60,61)62)17-28(25)64(57,58)59)43-39-44-38(45-40(53)46-39)42-23-12-5-4-11-22(23)37(51)52;;;;/h2-17,41H,1H3,(H,51,52)(H,54,55,56)(H,57,58,59)(H,60,61,62)(H3,42,43,44,45,46,53);;;;/q;4*+1/p-4. The molecule has 0 fully saturated rings. The second-order valence-corrected chi connectivity index (χ2v) is 18.0. The number of carboxylic acids is 1. The summed E-state index contributed by atoms with van der Waals surface area (Å²) in [6.45, 7) is 0. The summed E-state index contributed by atoms with van der Waals surface area (Å²) in [6.07, 6.45) is 0. The maximum absolute atomic E-state index is 14.5. The van der Waals surface area contributed by atoms with Crippen molar-refractivity contribution in [3.8, 4) is 11.1 Å². The summed E-state index contributed by atoms with van der Waals surface area (Å²) < 4.78 is 113. The Labute approximate surface area is 478 Å². The fraction of sp³-hybridized carbons (Fsp3) is 0.0250. The number of aromatic amines is 1. The molecule has 330 valence electrons. The number of hydrogen-bond acceptors (Lipinski definition) is 20. The van der Waals surface area contributed by atoms with E-state index >= 15 is 0 Å². The molecule has 2 heterocycles. The first-order valence-corrected chi connectivity index (χ1v) is 22.4. The van der Waals surface area contributed by atoms with Gasteiger partial charge in [-0.05, 0) is 48.0 Å². The third kappa shape index (κ3) is 11.4. The number of aromatic carboxylic acids is 1. The molecule has 0 aliphatic heterocycles. The fourth-order valence-corrected chi connectivity index (χ4v) is 9.14. The van der Waals surface area contributed by atoms with Gasteiger partial charge >= 0.3 is 124 Å². The number of aromatic nitrogens is 4. The minimum absolute atomic E-state index is 0. The van der Waals surface area contributed by atoms with E-state index in [-0.39, 0.29) is 180 Å². The molecule has 5 aromatic carbocycles. The minimum Gasteiger partial charge on any atom is -0.744 e. The third-order valence-electron chi connectivity index (χ3n) is 10.0.